The normalized spacial score (nSPS) is 10.2. The lowest BCUT2D eigenvalue weighted by Gasteiger charge is -2.26. The quantitative estimate of drug-likeness (QED) is 0.536. The highest BCUT2D eigenvalue weighted by Crippen LogP contribution is 2.25. The number of anilines is 1. The van der Waals surface area contributed by atoms with Gasteiger partial charge in [0, 0.05) is 12.0 Å². The number of rotatable bonds is 7. The first kappa shape index (κ1) is 20.4. The Morgan fingerprint density at radius 3 is 2.17 bits per heavy atom. The van der Waals surface area contributed by atoms with Crippen LogP contribution in [0.2, 0.25) is 0 Å². The molecular weight excluding hydrogens is 386 g/mol. The average molecular weight is 406 g/mol. The summed E-state index contributed by atoms with van der Waals surface area (Å²) < 4.78 is 10.9. The zero-order valence-corrected chi connectivity index (χ0v) is 16.7. The van der Waals surface area contributed by atoms with Gasteiger partial charge in [0.25, 0.3) is 5.91 Å². The Balaban J connectivity index is 1.81. The number of nitrogens with zero attached hydrogens (tertiary/aromatic N) is 1. The second-order valence-electron chi connectivity index (χ2n) is 6.18. The number of benzene rings is 3. The van der Waals surface area contributed by atoms with Crippen LogP contribution in [-0.2, 0) is 19.0 Å². The molecule has 3 aromatic rings. The summed E-state index contributed by atoms with van der Waals surface area (Å²) in [7, 11) is 1.55. The summed E-state index contributed by atoms with van der Waals surface area (Å²) in [5.74, 6) is 0.899. The molecule has 6 heteroatoms. The molecule has 0 heterocycles. The Hall–Kier alpha value is -3.38. The minimum absolute atomic E-state index is 0.347. The van der Waals surface area contributed by atoms with Crippen LogP contribution in [0.1, 0.15) is 15.9 Å². The van der Waals surface area contributed by atoms with Crippen molar-refractivity contribution >= 4 is 29.5 Å². The van der Waals surface area contributed by atoms with Gasteiger partial charge in [0.1, 0.15) is 16.7 Å². The predicted octanol–water partition coefficient (Wildman–Crippen LogP) is 4.63. The molecule has 0 bridgehead atoms. The third kappa shape index (κ3) is 5.12. The first-order valence-electron chi connectivity index (χ1n) is 9.05. The molecule has 0 aliphatic rings. The zero-order valence-electron chi connectivity index (χ0n) is 15.9. The number of methoxy groups -OCH3 is 1. The maximum Gasteiger partial charge on any atom is 0.263 e. The largest absolute Gasteiger partial charge is 0.718 e. The monoisotopic (exact) mass is 406 g/mol. The van der Waals surface area contributed by atoms with Gasteiger partial charge in [-0.25, -0.2) is 0 Å². The van der Waals surface area contributed by atoms with E-state index in [1.165, 1.54) is 0 Å². The van der Waals surface area contributed by atoms with Gasteiger partial charge < -0.3 is 26.9 Å². The van der Waals surface area contributed by atoms with Crippen molar-refractivity contribution in [2.45, 2.75) is 6.42 Å². The minimum Gasteiger partial charge on any atom is -0.718 e. The lowest BCUT2D eigenvalue weighted by Crippen LogP contribution is -2.35. The smallest absolute Gasteiger partial charge is 0.263 e. The predicted molar refractivity (Wildman–Crippen MR) is 115 cm³/mol. The van der Waals surface area contributed by atoms with E-state index in [1.54, 1.807) is 43.5 Å². The zero-order chi connectivity index (χ0) is 20.6. The van der Waals surface area contributed by atoms with Crippen LogP contribution < -0.4 is 14.4 Å². The maximum atomic E-state index is 13.0. The van der Waals surface area contributed by atoms with Crippen molar-refractivity contribution in [1.29, 1.82) is 0 Å². The minimum atomic E-state index is -0.762. The van der Waals surface area contributed by atoms with Gasteiger partial charge in [0.2, 0.25) is 0 Å². The Morgan fingerprint density at radius 2 is 1.52 bits per heavy atom. The average Bonchev–Trinajstić information content (AvgIpc) is 2.75. The molecule has 0 saturated carbocycles. The summed E-state index contributed by atoms with van der Waals surface area (Å²) in [6.07, 6.45) is 0.514. The number of hydrogen-bond donors (Lipinski definition) is 0. The third-order valence-corrected chi connectivity index (χ3v) is 4.52. The molecule has 29 heavy (non-hydrogen) atoms. The van der Waals surface area contributed by atoms with Gasteiger partial charge in [0.15, 0.2) is 0 Å². The summed E-state index contributed by atoms with van der Waals surface area (Å²) in [5, 5.41) is -0.762. The molecule has 0 unspecified atom stereocenters. The van der Waals surface area contributed by atoms with Crippen LogP contribution >= 0.6 is 0 Å². The number of imide groups is 1. The van der Waals surface area contributed by atoms with E-state index in [-0.39, 0.29) is 0 Å². The molecular formula is C23H20NO4S-. The Labute approximate surface area is 175 Å². The van der Waals surface area contributed by atoms with Crippen molar-refractivity contribution in [2.75, 3.05) is 18.6 Å². The first-order valence-corrected chi connectivity index (χ1v) is 9.46. The molecule has 0 atom stereocenters. The lowest BCUT2D eigenvalue weighted by atomic mass is 10.1. The highest BCUT2D eigenvalue weighted by atomic mass is 32.1. The molecule has 2 amide bonds. The highest BCUT2D eigenvalue weighted by Gasteiger charge is 2.21. The van der Waals surface area contributed by atoms with Gasteiger partial charge in [-0.15, -0.1) is 0 Å². The molecule has 5 nitrogen and oxygen atoms in total. The van der Waals surface area contributed by atoms with Crippen molar-refractivity contribution in [1.82, 2.24) is 0 Å². The number of hydrogen-bond acceptors (Lipinski definition) is 5. The molecule has 3 rings (SSSR count). The number of ether oxygens (including phenoxy) is 2. The van der Waals surface area contributed by atoms with E-state index >= 15 is 0 Å². The molecule has 0 fully saturated rings. The fourth-order valence-electron chi connectivity index (χ4n) is 2.89. The van der Waals surface area contributed by atoms with Crippen LogP contribution in [0.25, 0.3) is 0 Å². The Kier molecular flexibility index (Phi) is 6.81. The fourth-order valence-corrected chi connectivity index (χ4v) is 3.07. The van der Waals surface area contributed by atoms with E-state index in [0.717, 1.165) is 16.2 Å². The second-order valence-corrected chi connectivity index (χ2v) is 6.52. The van der Waals surface area contributed by atoms with E-state index in [0.29, 0.717) is 30.0 Å². The van der Waals surface area contributed by atoms with Crippen molar-refractivity contribution in [3.8, 4) is 11.5 Å². The number of amides is 2. The Morgan fingerprint density at radius 1 is 0.862 bits per heavy atom. The lowest BCUT2D eigenvalue weighted by molar-refractivity contribution is 0.0997. The third-order valence-electron chi connectivity index (χ3n) is 4.34. The van der Waals surface area contributed by atoms with Gasteiger partial charge in [-0.3, -0.25) is 9.69 Å². The van der Waals surface area contributed by atoms with E-state index < -0.39 is 11.1 Å². The second kappa shape index (κ2) is 9.71. The number of carbonyl (C=O) groups is 2. The molecule has 3 aromatic carbocycles. The van der Waals surface area contributed by atoms with Gasteiger partial charge in [-0.2, -0.15) is 0 Å². The number of carbonyl (C=O) groups excluding carboxylic acids is 2. The summed E-state index contributed by atoms with van der Waals surface area (Å²) >= 11 is 4.87. The molecule has 0 saturated heterocycles. The highest BCUT2D eigenvalue weighted by molar-refractivity contribution is 7.77. The molecule has 0 N–H and O–H groups in total. The van der Waals surface area contributed by atoms with Gasteiger partial charge in [-0.05, 0) is 48.0 Å². The van der Waals surface area contributed by atoms with Crippen LogP contribution in [0.4, 0.5) is 10.5 Å². The van der Waals surface area contributed by atoms with Crippen molar-refractivity contribution in [2.24, 2.45) is 0 Å². The van der Waals surface area contributed by atoms with Crippen molar-refractivity contribution < 1.29 is 19.1 Å². The fraction of sp³-hybridized carbons (Fsp3) is 0.130. The molecule has 0 aliphatic heterocycles. The first-order chi connectivity index (χ1) is 14.1. The molecule has 0 spiro atoms. The van der Waals surface area contributed by atoms with Crippen molar-refractivity contribution in [3.05, 3.63) is 90.0 Å². The molecule has 148 valence electrons. The summed E-state index contributed by atoms with van der Waals surface area (Å²) in [5.41, 5.74) is 1.60. The number of para-hydroxylation sites is 2. The topological polar surface area (TPSA) is 55.8 Å². The Bertz CT molecular complexity index is 974. The maximum absolute atomic E-state index is 13.0. The summed E-state index contributed by atoms with van der Waals surface area (Å²) in [6.45, 7) is 0.400. The van der Waals surface area contributed by atoms with Gasteiger partial charge in [-0.1, -0.05) is 36.4 Å². The standard InChI is InChI=1S/C23H21NO4S/c1-27-19-13-11-18(12-14-19)22(25)24(23(26)29)21-10-6-5-7-17(21)15-16-28-20-8-3-2-4-9-20/h2-14H,15-16H2,1H3,(H,26,29)/p-1. The molecule has 0 aliphatic carbocycles. The van der Waals surface area contributed by atoms with Gasteiger partial charge in [0.05, 0.1) is 19.4 Å². The van der Waals surface area contributed by atoms with Crippen LogP contribution in [0.3, 0.4) is 0 Å². The van der Waals surface area contributed by atoms with Gasteiger partial charge >= 0.3 is 0 Å². The summed E-state index contributed by atoms with van der Waals surface area (Å²) in [4.78, 5) is 26.2. The van der Waals surface area contributed by atoms with E-state index in [4.69, 9.17) is 22.1 Å². The van der Waals surface area contributed by atoms with Crippen LogP contribution in [0.15, 0.2) is 78.9 Å². The van der Waals surface area contributed by atoms with Crippen LogP contribution in [-0.4, -0.2) is 24.9 Å². The summed E-state index contributed by atoms with van der Waals surface area (Å²) in [6, 6.07) is 23.2. The van der Waals surface area contributed by atoms with Crippen molar-refractivity contribution in [3.63, 3.8) is 0 Å². The van der Waals surface area contributed by atoms with E-state index in [2.05, 4.69) is 0 Å². The molecule has 0 radical (unpaired) electrons. The van der Waals surface area contributed by atoms with Crippen LogP contribution in [0, 0.1) is 0 Å². The van der Waals surface area contributed by atoms with E-state index in [1.807, 2.05) is 42.5 Å². The molecule has 0 aromatic heterocycles. The SMILES string of the molecule is COc1ccc(C(=O)N(C(=O)[S-])c2ccccc2CCOc2ccccc2)cc1. The van der Waals surface area contributed by atoms with E-state index in [9.17, 15) is 9.59 Å². The van der Waals surface area contributed by atoms with Crippen LogP contribution in [0.5, 0.6) is 11.5 Å².